The number of unbranched alkanes of at least 4 members (excludes halogenated alkanes) is 2. The number of tetrazole rings is 1. The zero-order valence-corrected chi connectivity index (χ0v) is 11.9. The van der Waals surface area contributed by atoms with E-state index in [9.17, 15) is 4.39 Å². The molecule has 2 rings (SSSR count). The average Bonchev–Trinajstić information content (AvgIpc) is 2.91. The summed E-state index contributed by atoms with van der Waals surface area (Å²) in [6.07, 6.45) is 4.51. The molecule has 20 heavy (non-hydrogen) atoms. The fraction of sp³-hybridized carbons (Fsp3) is 0.500. The predicted octanol–water partition coefficient (Wildman–Crippen LogP) is 3.20. The molecule has 2 aromatic rings. The van der Waals surface area contributed by atoms with Gasteiger partial charge in [-0.3, -0.25) is 0 Å². The van der Waals surface area contributed by atoms with Crippen molar-refractivity contribution in [2.75, 3.05) is 5.73 Å². The Labute approximate surface area is 118 Å². The first kappa shape index (κ1) is 14.4. The van der Waals surface area contributed by atoms with Gasteiger partial charge in [0.15, 0.2) is 5.82 Å². The maximum absolute atomic E-state index is 13.5. The van der Waals surface area contributed by atoms with Gasteiger partial charge in [-0.2, -0.15) is 0 Å². The van der Waals surface area contributed by atoms with Crippen LogP contribution in [0.25, 0.3) is 11.4 Å². The molecule has 0 spiro atoms. The van der Waals surface area contributed by atoms with Crippen molar-refractivity contribution in [2.45, 2.75) is 45.6 Å². The minimum atomic E-state index is -0.448. The van der Waals surface area contributed by atoms with Crippen molar-refractivity contribution in [3.05, 3.63) is 24.0 Å². The highest BCUT2D eigenvalue weighted by atomic mass is 19.1. The third-order valence-electron chi connectivity index (χ3n) is 3.39. The van der Waals surface area contributed by atoms with Crippen molar-refractivity contribution in [3.8, 4) is 11.4 Å². The lowest BCUT2D eigenvalue weighted by atomic mass is 10.1. The monoisotopic (exact) mass is 277 g/mol. The summed E-state index contributed by atoms with van der Waals surface area (Å²) in [5, 5.41) is 11.7. The molecule has 0 saturated heterocycles. The summed E-state index contributed by atoms with van der Waals surface area (Å²) in [6.45, 7) is 4.24. The quantitative estimate of drug-likeness (QED) is 0.650. The highest BCUT2D eigenvalue weighted by Crippen LogP contribution is 2.24. The number of aromatic nitrogens is 4. The van der Waals surface area contributed by atoms with E-state index >= 15 is 0 Å². The number of hydrogen-bond donors (Lipinski definition) is 1. The molecule has 0 aliphatic carbocycles. The third kappa shape index (κ3) is 3.12. The Morgan fingerprint density at radius 2 is 2.15 bits per heavy atom. The van der Waals surface area contributed by atoms with E-state index in [1.165, 1.54) is 25.0 Å². The van der Waals surface area contributed by atoms with Crippen LogP contribution in [-0.4, -0.2) is 20.2 Å². The van der Waals surface area contributed by atoms with Crippen molar-refractivity contribution in [3.63, 3.8) is 0 Å². The number of nitrogens with zero attached hydrogens (tertiary/aromatic N) is 4. The van der Waals surface area contributed by atoms with E-state index in [0.717, 1.165) is 12.8 Å². The number of rotatable bonds is 6. The molecular weight excluding hydrogens is 257 g/mol. The van der Waals surface area contributed by atoms with Crippen LogP contribution in [0.4, 0.5) is 10.1 Å². The SMILES string of the molecule is CCCCCC(C)n1nnnc1-c1ccc(N)c(F)c1. The van der Waals surface area contributed by atoms with E-state index < -0.39 is 5.82 Å². The molecule has 108 valence electrons. The molecule has 1 heterocycles. The second-order valence-electron chi connectivity index (χ2n) is 5.03. The molecule has 0 aliphatic heterocycles. The number of halogens is 1. The molecule has 0 aliphatic rings. The number of anilines is 1. The maximum atomic E-state index is 13.5. The molecule has 0 fully saturated rings. The third-order valence-corrected chi connectivity index (χ3v) is 3.39. The number of nitrogens with two attached hydrogens (primary N) is 1. The highest BCUT2D eigenvalue weighted by molar-refractivity contribution is 5.59. The van der Waals surface area contributed by atoms with Gasteiger partial charge in [-0.05, 0) is 42.0 Å². The van der Waals surface area contributed by atoms with E-state index in [2.05, 4.69) is 29.4 Å². The summed E-state index contributed by atoms with van der Waals surface area (Å²) < 4.78 is 15.3. The summed E-state index contributed by atoms with van der Waals surface area (Å²) in [5.74, 6) is 0.128. The van der Waals surface area contributed by atoms with Gasteiger partial charge in [0.25, 0.3) is 0 Å². The first-order valence-corrected chi connectivity index (χ1v) is 6.96. The van der Waals surface area contributed by atoms with Crippen LogP contribution in [0.2, 0.25) is 0 Å². The van der Waals surface area contributed by atoms with Gasteiger partial charge in [-0.1, -0.05) is 26.2 Å². The van der Waals surface area contributed by atoms with E-state index in [0.29, 0.717) is 11.4 Å². The molecule has 0 bridgehead atoms. The molecule has 5 nitrogen and oxygen atoms in total. The molecule has 1 unspecified atom stereocenters. The second kappa shape index (κ2) is 6.45. The number of nitrogen functional groups attached to an aromatic ring is 1. The van der Waals surface area contributed by atoms with Crippen LogP contribution in [0.1, 0.15) is 45.6 Å². The van der Waals surface area contributed by atoms with Gasteiger partial charge >= 0.3 is 0 Å². The van der Waals surface area contributed by atoms with Crippen LogP contribution in [0, 0.1) is 5.82 Å². The molecule has 6 heteroatoms. The summed E-state index contributed by atoms with van der Waals surface area (Å²) in [6, 6.07) is 4.83. The summed E-state index contributed by atoms with van der Waals surface area (Å²) in [5.41, 5.74) is 6.26. The number of hydrogen-bond acceptors (Lipinski definition) is 4. The standard InChI is InChI=1S/C14H20FN5/c1-3-4-5-6-10(2)20-14(17-18-19-20)11-7-8-13(16)12(15)9-11/h7-10H,3-6,16H2,1-2H3. The molecule has 0 radical (unpaired) electrons. The van der Waals surface area contributed by atoms with E-state index in [-0.39, 0.29) is 11.7 Å². The molecule has 1 atom stereocenters. The topological polar surface area (TPSA) is 69.6 Å². The van der Waals surface area contributed by atoms with Gasteiger partial charge in [0, 0.05) is 5.56 Å². The van der Waals surface area contributed by atoms with Gasteiger partial charge in [-0.15, -0.1) is 5.10 Å². The predicted molar refractivity (Wildman–Crippen MR) is 76.5 cm³/mol. The smallest absolute Gasteiger partial charge is 0.182 e. The van der Waals surface area contributed by atoms with Crippen LogP contribution >= 0.6 is 0 Å². The van der Waals surface area contributed by atoms with Crippen LogP contribution in [-0.2, 0) is 0 Å². The van der Waals surface area contributed by atoms with Crippen molar-refractivity contribution in [1.29, 1.82) is 0 Å². The first-order valence-electron chi connectivity index (χ1n) is 6.96. The van der Waals surface area contributed by atoms with Crippen molar-refractivity contribution in [2.24, 2.45) is 0 Å². The Balaban J connectivity index is 2.21. The fourth-order valence-corrected chi connectivity index (χ4v) is 2.16. The molecule has 2 N–H and O–H groups in total. The van der Waals surface area contributed by atoms with Crippen LogP contribution in [0.15, 0.2) is 18.2 Å². The van der Waals surface area contributed by atoms with Crippen LogP contribution in [0.5, 0.6) is 0 Å². The second-order valence-corrected chi connectivity index (χ2v) is 5.03. The minimum absolute atomic E-state index is 0.128. The van der Waals surface area contributed by atoms with Crippen LogP contribution < -0.4 is 5.73 Å². The average molecular weight is 277 g/mol. The van der Waals surface area contributed by atoms with Crippen LogP contribution in [0.3, 0.4) is 0 Å². The minimum Gasteiger partial charge on any atom is -0.396 e. The maximum Gasteiger partial charge on any atom is 0.182 e. The lowest BCUT2D eigenvalue weighted by Crippen LogP contribution is -2.09. The van der Waals surface area contributed by atoms with Gasteiger partial charge in [0.1, 0.15) is 5.82 Å². The van der Waals surface area contributed by atoms with Crippen molar-refractivity contribution in [1.82, 2.24) is 20.2 Å². The Hall–Kier alpha value is -1.98. The van der Waals surface area contributed by atoms with Gasteiger partial charge in [0.2, 0.25) is 0 Å². The Morgan fingerprint density at radius 1 is 1.35 bits per heavy atom. The zero-order chi connectivity index (χ0) is 14.5. The highest BCUT2D eigenvalue weighted by Gasteiger charge is 2.15. The Bertz CT molecular complexity index is 566. The molecular formula is C14H20FN5. The Kier molecular flexibility index (Phi) is 4.65. The van der Waals surface area contributed by atoms with E-state index in [1.807, 2.05) is 0 Å². The summed E-state index contributed by atoms with van der Waals surface area (Å²) in [4.78, 5) is 0. The van der Waals surface area contributed by atoms with Gasteiger partial charge in [0.05, 0.1) is 11.7 Å². The first-order chi connectivity index (χ1) is 9.63. The normalized spacial score (nSPS) is 12.6. The molecule has 0 saturated carbocycles. The Morgan fingerprint density at radius 3 is 2.85 bits per heavy atom. The van der Waals surface area contributed by atoms with E-state index in [4.69, 9.17) is 5.73 Å². The van der Waals surface area contributed by atoms with Gasteiger partial charge < -0.3 is 5.73 Å². The molecule has 0 amide bonds. The molecule has 1 aromatic heterocycles. The number of benzene rings is 1. The lowest BCUT2D eigenvalue weighted by Gasteiger charge is -2.13. The van der Waals surface area contributed by atoms with Gasteiger partial charge in [-0.25, -0.2) is 9.07 Å². The molecule has 1 aromatic carbocycles. The lowest BCUT2D eigenvalue weighted by molar-refractivity contribution is 0.432. The van der Waals surface area contributed by atoms with Crippen molar-refractivity contribution >= 4 is 5.69 Å². The van der Waals surface area contributed by atoms with E-state index in [1.54, 1.807) is 10.7 Å². The largest absolute Gasteiger partial charge is 0.396 e. The fourth-order valence-electron chi connectivity index (χ4n) is 2.16. The summed E-state index contributed by atoms with van der Waals surface area (Å²) >= 11 is 0. The zero-order valence-electron chi connectivity index (χ0n) is 11.9. The van der Waals surface area contributed by atoms with Crippen molar-refractivity contribution < 1.29 is 4.39 Å². The summed E-state index contributed by atoms with van der Waals surface area (Å²) in [7, 11) is 0.